The number of hydrogen-bond acceptors (Lipinski definition) is 3. The van der Waals surface area contributed by atoms with E-state index in [-0.39, 0.29) is 25.1 Å². The van der Waals surface area contributed by atoms with E-state index in [1.807, 2.05) is 36.4 Å². The van der Waals surface area contributed by atoms with Crippen molar-refractivity contribution in [3.05, 3.63) is 60.7 Å². The van der Waals surface area contributed by atoms with Gasteiger partial charge >= 0.3 is 147 Å². The van der Waals surface area contributed by atoms with Gasteiger partial charge in [0.2, 0.25) is 0 Å². The second-order valence-electron chi connectivity index (χ2n) is 4.75. The fourth-order valence-electron chi connectivity index (χ4n) is 1.89. The van der Waals surface area contributed by atoms with Gasteiger partial charge in [0.15, 0.2) is 0 Å². The van der Waals surface area contributed by atoms with Crippen molar-refractivity contribution in [1.82, 2.24) is 0 Å². The van der Waals surface area contributed by atoms with Crippen LogP contribution in [0.3, 0.4) is 0 Å². The number of rotatable bonds is 8. The van der Waals surface area contributed by atoms with Crippen LogP contribution in [0.25, 0.3) is 0 Å². The number of ether oxygens (including phenoxy) is 2. The molecule has 0 spiro atoms. The average molecular weight is 422 g/mol. The van der Waals surface area contributed by atoms with Gasteiger partial charge in [-0.1, -0.05) is 0 Å². The summed E-state index contributed by atoms with van der Waals surface area (Å²) in [6, 6.07) is 19.3. The number of benzene rings is 2. The molecule has 2 aromatic carbocycles. The van der Waals surface area contributed by atoms with E-state index in [0.29, 0.717) is 5.75 Å². The Labute approximate surface area is 147 Å². The second-order valence-corrected chi connectivity index (χ2v) is 7.87. The van der Waals surface area contributed by atoms with Crippen LogP contribution in [0.15, 0.2) is 60.7 Å². The van der Waals surface area contributed by atoms with Crippen molar-refractivity contribution in [2.45, 2.75) is 17.0 Å². The molecule has 0 heterocycles. The van der Waals surface area contributed by atoms with Crippen molar-refractivity contribution in [2.24, 2.45) is 0 Å². The molecular formula is C19H18O3Te. The molecule has 0 saturated heterocycles. The van der Waals surface area contributed by atoms with Crippen molar-refractivity contribution in [3.8, 4) is 18.1 Å². The van der Waals surface area contributed by atoms with Crippen LogP contribution in [0.2, 0.25) is 4.47 Å². The summed E-state index contributed by atoms with van der Waals surface area (Å²) in [4.78, 5) is 12.1. The molecule has 0 aliphatic rings. The Morgan fingerprint density at radius 1 is 1.09 bits per heavy atom. The molecule has 4 heteroatoms. The van der Waals surface area contributed by atoms with Crippen LogP contribution < -0.4 is 8.35 Å². The Morgan fingerprint density at radius 3 is 2.39 bits per heavy atom. The Hall–Kier alpha value is -1.78. The fraction of sp³-hybridized carbons (Fsp3) is 0.211. The average Bonchev–Trinajstić information content (AvgIpc) is 2.59. The molecule has 0 radical (unpaired) electrons. The van der Waals surface area contributed by atoms with Gasteiger partial charge in [0.1, 0.15) is 0 Å². The standard InChI is InChI=1S/C19H18O3Te/c1-2-13-21-17(15-23-18-11-7-4-8-12-18)14-19(20)22-16-9-5-3-6-10-16/h1,3-12,17H,13-15H2. The zero-order valence-corrected chi connectivity index (χ0v) is 15.0. The third kappa shape index (κ3) is 6.89. The van der Waals surface area contributed by atoms with E-state index < -0.39 is 20.9 Å². The third-order valence-electron chi connectivity index (χ3n) is 2.95. The van der Waals surface area contributed by atoms with Crippen LogP contribution >= 0.6 is 0 Å². The minimum absolute atomic E-state index is 0.190. The van der Waals surface area contributed by atoms with Crippen molar-refractivity contribution >= 4 is 30.5 Å². The van der Waals surface area contributed by atoms with Crippen LogP contribution in [0.1, 0.15) is 6.42 Å². The number of carbonyl (C=O) groups excluding carboxylic acids is 1. The van der Waals surface area contributed by atoms with Crippen molar-refractivity contribution in [2.75, 3.05) is 6.61 Å². The summed E-state index contributed by atoms with van der Waals surface area (Å²) >= 11 is -0.417. The van der Waals surface area contributed by atoms with E-state index >= 15 is 0 Å². The first-order valence-corrected chi connectivity index (χ1v) is 10.1. The third-order valence-corrected chi connectivity index (χ3v) is 6.22. The number of esters is 1. The number of para-hydroxylation sites is 1. The van der Waals surface area contributed by atoms with Gasteiger partial charge in [-0.15, -0.1) is 0 Å². The monoisotopic (exact) mass is 424 g/mol. The summed E-state index contributed by atoms with van der Waals surface area (Å²) < 4.78 is 13.1. The van der Waals surface area contributed by atoms with Crippen LogP contribution in [0, 0.1) is 12.3 Å². The summed E-state index contributed by atoms with van der Waals surface area (Å²) in [6.07, 6.45) is 5.28. The molecule has 0 amide bonds. The topological polar surface area (TPSA) is 35.5 Å². The SMILES string of the molecule is C#CCOC(C[Te]c1ccccc1)CC(=O)Oc1ccccc1. The summed E-state index contributed by atoms with van der Waals surface area (Å²) in [5, 5.41) is 0. The van der Waals surface area contributed by atoms with E-state index in [4.69, 9.17) is 15.9 Å². The van der Waals surface area contributed by atoms with Gasteiger partial charge in [-0.05, 0) is 0 Å². The molecule has 118 valence electrons. The van der Waals surface area contributed by atoms with Gasteiger partial charge in [0.25, 0.3) is 0 Å². The summed E-state index contributed by atoms with van der Waals surface area (Å²) in [7, 11) is 0. The van der Waals surface area contributed by atoms with E-state index in [9.17, 15) is 4.79 Å². The van der Waals surface area contributed by atoms with E-state index in [0.717, 1.165) is 4.47 Å². The Balaban J connectivity index is 1.87. The van der Waals surface area contributed by atoms with Gasteiger partial charge in [0.05, 0.1) is 0 Å². The maximum atomic E-state index is 12.1. The maximum absolute atomic E-state index is 12.1. The van der Waals surface area contributed by atoms with Gasteiger partial charge < -0.3 is 0 Å². The van der Waals surface area contributed by atoms with Gasteiger partial charge in [-0.25, -0.2) is 0 Å². The molecule has 2 rings (SSSR count). The Kier molecular flexibility index (Phi) is 7.70. The van der Waals surface area contributed by atoms with Gasteiger partial charge in [0, 0.05) is 0 Å². The molecule has 1 unspecified atom stereocenters. The molecule has 0 aliphatic heterocycles. The number of terminal acetylenes is 1. The normalized spacial score (nSPS) is 11.4. The molecular weight excluding hydrogens is 404 g/mol. The quantitative estimate of drug-likeness (QED) is 0.284. The van der Waals surface area contributed by atoms with Crippen molar-refractivity contribution < 1.29 is 14.3 Å². The Bertz CT molecular complexity index is 635. The number of carbonyl (C=O) groups is 1. The van der Waals surface area contributed by atoms with Gasteiger partial charge in [-0.2, -0.15) is 0 Å². The molecule has 0 bridgehead atoms. The molecule has 0 N–H and O–H groups in total. The predicted octanol–water partition coefficient (Wildman–Crippen LogP) is 2.45. The first kappa shape index (κ1) is 17.6. The van der Waals surface area contributed by atoms with Crippen molar-refractivity contribution in [3.63, 3.8) is 0 Å². The van der Waals surface area contributed by atoms with Crippen LogP contribution in [-0.2, 0) is 9.53 Å². The van der Waals surface area contributed by atoms with Crippen molar-refractivity contribution in [1.29, 1.82) is 0 Å². The summed E-state index contributed by atoms with van der Waals surface area (Å²) in [5.74, 6) is 2.72. The van der Waals surface area contributed by atoms with E-state index in [1.165, 1.54) is 3.61 Å². The molecule has 0 fully saturated rings. The van der Waals surface area contributed by atoms with Crippen LogP contribution in [0.4, 0.5) is 0 Å². The van der Waals surface area contributed by atoms with E-state index in [2.05, 4.69) is 18.1 Å². The zero-order valence-electron chi connectivity index (χ0n) is 12.7. The number of hydrogen-bond donors (Lipinski definition) is 0. The first-order chi connectivity index (χ1) is 11.3. The Morgan fingerprint density at radius 2 is 1.74 bits per heavy atom. The molecule has 1 atom stereocenters. The van der Waals surface area contributed by atoms with Gasteiger partial charge in [-0.3, -0.25) is 0 Å². The molecule has 2 aromatic rings. The predicted molar refractivity (Wildman–Crippen MR) is 91.9 cm³/mol. The molecule has 0 aliphatic carbocycles. The summed E-state index contributed by atoms with van der Waals surface area (Å²) in [5.41, 5.74) is 0. The summed E-state index contributed by atoms with van der Waals surface area (Å²) in [6.45, 7) is 0.213. The van der Waals surface area contributed by atoms with E-state index in [1.54, 1.807) is 12.1 Å². The first-order valence-electron chi connectivity index (χ1n) is 7.26. The van der Waals surface area contributed by atoms with Crippen LogP contribution in [-0.4, -0.2) is 39.6 Å². The molecule has 3 nitrogen and oxygen atoms in total. The fourth-order valence-corrected chi connectivity index (χ4v) is 4.57. The molecule has 0 aromatic heterocycles. The molecule has 23 heavy (non-hydrogen) atoms. The zero-order chi connectivity index (χ0) is 16.3. The second kappa shape index (κ2) is 10.1. The minimum atomic E-state index is -0.417. The molecule has 0 saturated carbocycles. The van der Waals surface area contributed by atoms with Crippen LogP contribution in [0.5, 0.6) is 5.75 Å².